The molecule has 0 aliphatic rings. The summed E-state index contributed by atoms with van der Waals surface area (Å²) in [5.41, 5.74) is 7.67. The first-order chi connectivity index (χ1) is 18.7. The van der Waals surface area contributed by atoms with Gasteiger partial charge < -0.3 is 0 Å². The maximum absolute atomic E-state index is 2.42. The summed E-state index contributed by atoms with van der Waals surface area (Å²) in [5.74, 6) is 0. The molecule has 8 aromatic rings. The van der Waals surface area contributed by atoms with Gasteiger partial charge in [0, 0.05) is 15.1 Å². The number of thiophene rings is 1. The van der Waals surface area contributed by atoms with Crippen molar-refractivity contribution < 1.29 is 0 Å². The molecular weight excluding hydrogens is 476 g/mol. The van der Waals surface area contributed by atoms with Gasteiger partial charge in [0.1, 0.15) is 0 Å². The van der Waals surface area contributed by atoms with Crippen LogP contribution in [0, 0.1) is 6.92 Å². The Balaban J connectivity index is 1.50. The highest BCUT2D eigenvalue weighted by Crippen LogP contribution is 2.46. The zero-order valence-electron chi connectivity index (χ0n) is 21.0. The number of aryl methyl sites for hydroxylation is 1. The first-order valence-electron chi connectivity index (χ1n) is 13.1. The molecule has 0 atom stereocenters. The molecule has 178 valence electrons. The minimum Gasteiger partial charge on any atom is -0.135 e. The molecule has 8 rings (SSSR count). The molecular formula is C37H24S. The van der Waals surface area contributed by atoms with Gasteiger partial charge in [-0.1, -0.05) is 103 Å². The molecule has 1 aromatic heterocycles. The van der Waals surface area contributed by atoms with E-state index in [1.165, 1.54) is 80.7 Å². The van der Waals surface area contributed by atoms with Crippen molar-refractivity contribution in [2.75, 3.05) is 0 Å². The minimum absolute atomic E-state index is 1.25. The van der Waals surface area contributed by atoms with E-state index < -0.39 is 0 Å². The van der Waals surface area contributed by atoms with Crippen LogP contribution in [0.5, 0.6) is 0 Å². The topological polar surface area (TPSA) is 0 Å². The Hall–Kier alpha value is -4.46. The van der Waals surface area contributed by atoms with Crippen LogP contribution in [0.4, 0.5) is 0 Å². The Morgan fingerprint density at radius 1 is 0.447 bits per heavy atom. The summed E-state index contributed by atoms with van der Waals surface area (Å²) in [6.07, 6.45) is 0. The number of hydrogen-bond donors (Lipinski definition) is 0. The quantitative estimate of drug-likeness (QED) is 0.212. The highest BCUT2D eigenvalue weighted by molar-refractivity contribution is 7.22. The van der Waals surface area contributed by atoms with Gasteiger partial charge in [-0.2, -0.15) is 0 Å². The Morgan fingerprint density at radius 2 is 1.18 bits per heavy atom. The van der Waals surface area contributed by atoms with E-state index in [0.29, 0.717) is 0 Å². The summed E-state index contributed by atoms with van der Waals surface area (Å²) in [7, 11) is 0. The van der Waals surface area contributed by atoms with Crippen LogP contribution in [0.15, 0.2) is 127 Å². The molecule has 1 heterocycles. The zero-order valence-corrected chi connectivity index (χ0v) is 21.8. The molecule has 0 radical (unpaired) electrons. The molecule has 0 bridgehead atoms. The lowest BCUT2D eigenvalue weighted by molar-refractivity contribution is 1.47. The van der Waals surface area contributed by atoms with Crippen LogP contribution >= 0.6 is 11.3 Å². The maximum Gasteiger partial charge on any atom is 0.0361 e. The van der Waals surface area contributed by atoms with E-state index in [9.17, 15) is 0 Å². The number of hydrogen-bond acceptors (Lipinski definition) is 1. The van der Waals surface area contributed by atoms with E-state index in [2.05, 4.69) is 134 Å². The van der Waals surface area contributed by atoms with Gasteiger partial charge in [0.15, 0.2) is 0 Å². The van der Waals surface area contributed by atoms with Crippen LogP contribution in [-0.4, -0.2) is 0 Å². The Kier molecular flexibility index (Phi) is 4.71. The van der Waals surface area contributed by atoms with Gasteiger partial charge in [-0.25, -0.2) is 0 Å². The van der Waals surface area contributed by atoms with Crippen LogP contribution in [0.1, 0.15) is 5.56 Å². The molecule has 7 aromatic carbocycles. The summed E-state index contributed by atoms with van der Waals surface area (Å²) in [6.45, 7) is 2.15. The van der Waals surface area contributed by atoms with E-state index in [-0.39, 0.29) is 0 Å². The van der Waals surface area contributed by atoms with Crippen LogP contribution in [0.2, 0.25) is 0 Å². The second-order valence-corrected chi connectivity index (χ2v) is 11.3. The fourth-order valence-corrected chi connectivity index (χ4v) is 7.11. The molecule has 0 saturated carbocycles. The van der Waals surface area contributed by atoms with Crippen molar-refractivity contribution in [2.24, 2.45) is 0 Å². The van der Waals surface area contributed by atoms with Crippen molar-refractivity contribution in [1.82, 2.24) is 0 Å². The lowest BCUT2D eigenvalue weighted by atomic mass is 9.86. The average Bonchev–Trinajstić information content (AvgIpc) is 3.40. The Bertz CT molecular complexity index is 2080. The molecule has 0 fully saturated rings. The van der Waals surface area contributed by atoms with E-state index in [1.807, 2.05) is 11.3 Å². The third kappa shape index (κ3) is 3.29. The predicted molar refractivity (Wildman–Crippen MR) is 167 cm³/mol. The van der Waals surface area contributed by atoms with E-state index >= 15 is 0 Å². The van der Waals surface area contributed by atoms with Gasteiger partial charge in [-0.3, -0.25) is 0 Å². The second kappa shape index (κ2) is 8.28. The van der Waals surface area contributed by atoms with Crippen molar-refractivity contribution in [3.63, 3.8) is 0 Å². The average molecular weight is 501 g/mol. The van der Waals surface area contributed by atoms with Crippen molar-refractivity contribution in [3.05, 3.63) is 133 Å². The number of benzene rings is 7. The van der Waals surface area contributed by atoms with Crippen molar-refractivity contribution >= 4 is 53.7 Å². The molecule has 0 saturated heterocycles. The maximum atomic E-state index is 2.42. The highest BCUT2D eigenvalue weighted by Gasteiger charge is 2.18. The largest absolute Gasteiger partial charge is 0.135 e. The van der Waals surface area contributed by atoms with Gasteiger partial charge in [0.2, 0.25) is 0 Å². The summed E-state index contributed by atoms with van der Waals surface area (Å²) in [5, 5.41) is 9.27. The predicted octanol–water partition coefficient (Wildman–Crippen LogP) is 11.1. The van der Waals surface area contributed by atoms with Gasteiger partial charge in [-0.15, -0.1) is 11.3 Å². The van der Waals surface area contributed by atoms with Gasteiger partial charge in [-0.05, 0) is 97.2 Å². The fraction of sp³-hybridized carbons (Fsp3) is 0.0270. The molecule has 0 amide bonds. The molecule has 0 spiro atoms. The van der Waals surface area contributed by atoms with Gasteiger partial charge in [0.25, 0.3) is 0 Å². The molecule has 38 heavy (non-hydrogen) atoms. The molecule has 1 heteroatoms. The summed E-state index contributed by atoms with van der Waals surface area (Å²) >= 11 is 1.89. The van der Waals surface area contributed by atoms with E-state index in [1.54, 1.807) is 0 Å². The molecule has 0 aliphatic heterocycles. The molecule has 0 N–H and O–H groups in total. The van der Waals surface area contributed by atoms with Crippen LogP contribution < -0.4 is 0 Å². The minimum atomic E-state index is 1.25. The van der Waals surface area contributed by atoms with Crippen molar-refractivity contribution in [1.29, 1.82) is 0 Å². The van der Waals surface area contributed by atoms with Crippen molar-refractivity contribution in [2.45, 2.75) is 6.92 Å². The zero-order chi connectivity index (χ0) is 25.2. The molecule has 0 unspecified atom stereocenters. The number of fused-ring (bicyclic) bond motifs is 1. The van der Waals surface area contributed by atoms with E-state index in [0.717, 1.165) is 0 Å². The van der Waals surface area contributed by atoms with Crippen molar-refractivity contribution in [3.8, 4) is 32.7 Å². The standard InChI is InChI=1S/C37H24S/c1-23-11-13-25(14-12-23)30-17-18-32-33(35-22-26-9-5-6-10-34(26)38-35)21-29-20-28(24-7-3-2-4-8-24)19-27-15-16-31(30)37(32)36(27)29/h2-22H,1H3. The first-order valence-corrected chi connectivity index (χ1v) is 13.9. The third-order valence-corrected chi connectivity index (χ3v) is 9.02. The molecule has 0 aliphatic carbocycles. The SMILES string of the molecule is Cc1ccc(-c2ccc3c(-c4cc5ccccc5s4)cc4cc(-c5ccccc5)cc5ccc2c3c54)cc1. The second-order valence-electron chi connectivity index (χ2n) is 10.3. The summed E-state index contributed by atoms with van der Waals surface area (Å²) < 4.78 is 1.33. The monoisotopic (exact) mass is 500 g/mol. The van der Waals surface area contributed by atoms with Gasteiger partial charge >= 0.3 is 0 Å². The smallest absolute Gasteiger partial charge is 0.0361 e. The van der Waals surface area contributed by atoms with Crippen LogP contribution in [0.25, 0.3) is 75.1 Å². The lowest BCUT2D eigenvalue weighted by Gasteiger charge is -2.18. The normalized spacial score (nSPS) is 11.8. The third-order valence-electron chi connectivity index (χ3n) is 7.88. The van der Waals surface area contributed by atoms with E-state index in [4.69, 9.17) is 0 Å². The Morgan fingerprint density at radius 3 is 2.03 bits per heavy atom. The summed E-state index contributed by atoms with van der Waals surface area (Å²) in [4.78, 5) is 1.32. The Labute approximate surface area is 225 Å². The number of rotatable bonds is 3. The molecule has 0 nitrogen and oxygen atoms in total. The summed E-state index contributed by atoms with van der Waals surface area (Å²) in [6, 6.07) is 47.2. The van der Waals surface area contributed by atoms with Crippen LogP contribution in [-0.2, 0) is 0 Å². The first kappa shape index (κ1) is 21.6. The fourth-order valence-electron chi connectivity index (χ4n) is 6.02. The highest BCUT2D eigenvalue weighted by atomic mass is 32.1. The van der Waals surface area contributed by atoms with Gasteiger partial charge in [0.05, 0.1) is 0 Å². The lowest BCUT2D eigenvalue weighted by Crippen LogP contribution is -1.91. The van der Waals surface area contributed by atoms with Crippen LogP contribution in [0.3, 0.4) is 0 Å².